The van der Waals surface area contributed by atoms with E-state index >= 15 is 0 Å². The lowest BCUT2D eigenvalue weighted by molar-refractivity contribution is 0.827. The van der Waals surface area contributed by atoms with Crippen LogP contribution in [-0.2, 0) is 0 Å². The molecular formula is C37H27N2P. The molecule has 190 valence electrons. The van der Waals surface area contributed by atoms with Crippen LogP contribution < -0.4 is 15.9 Å². The zero-order valence-electron chi connectivity index (χ0n) is 22.0. The molecule has 0 amide bonds. The Morgan fingerprint density at radius 2 is 1.45 bits per heavy atom. The fourth-order valence-corrected chi connectivity index (χ4v) is 8.58. The highest BCUT2D eigenvalue weighted by molar-refractivity contribution is 7.79. The van der Waals surface area contributed by atoms with Gasteiger partial charge in [-0.1, -0.05) is 121 Å². The van der Waals surface area contributed by atoms with Crippen LogP contribution in [0.2, 0.25) is 0 Å². The van der Waals surface area contributed by atoms with Crippen LogP contribution in [0.4, 0.5) is 0 Å². The Labute approximate surface area is 236 Å². The molecule has 0 saturated carbocycles. The Balaban J connectivity index is 1.42. The first-order chi connectivity index (χ1) is 19.8. The van der Waals surface area contributed by atoms with Gasteiger partial charge < -0.3 is 0 Å². The first-order valence-corrected chi connectivity index (χ1v) is 15.3. The molecule has 8 rings (SSSR count). The predicted octanol–water partition coefficient (Wildman–Crippen LogP) is 7.18. The van der Waals surface area contributed by atoms with Gasteiger partial charge in [0.1, 0.15) is 11.7 Å². The maximum absolute atomic E-state index is 5.26. The van der Waals surface area contributed by atoms with E-state index in [0.29, 0.717) is 0 Å². The molecule has 0 saturated heterocycles. The monoisotopic (exact) mass is 530 g/mol. The molecule has 5 aromatic rings. The second kappa shape index (κ2) is 9.63. The largest absolute Gasteiger partial charge is 0.295 e. The summed E-state index contributed by atoms with van der Waals surface area (Å²) in [6.45, 7) is 0. The van der Waals surface area contributed by atoms with E-state index in [0.717, 1.165) is 29.7 Å². The van der Waals surface area contributed by atoms with E-state index < -0.39 is 7.92 Å². The number of rotatable bonds is 3. The highest BCUT2D eigenvalue weighted by atomic mass is 31.1. The van der Waals surface area contributed by atoms with E-state index in [4.69, 9.17) is 4.98 Å². The molecule has 0 fully saturated rings. The summed E-state index contributed by atoms with van der Waals surface area (Å²) in [5, 5.41) is 4.03. The van der Waals surface area contributed by atoms with Crippen LogP contribution in [0, 0.1) is 11.8 Å². The van der Waals surface area contributed by atoms with Crippen molar-refractivity contribution in [3.8, 4) is 17.5 Å². The number of nitrogens with zero attached hydrogens (tertiary/aromatic N) is 2. The molecule has 2 nitrogen and oxygen atoms in total. The number of aromatic nitrogens is 2. The predicted molar refractivity (Wildman–Crippen MR) is 168 cm³/mol. The third-order valence-corrected chi connectivity index (χ3v) is 10.5. The maximum Gasteiger partial charge on any atom is 0.134 e. The Kier molecular flexibility index (Phi) is 5.65. The number of hydrogen-bond donors (Lipinski definition) is 0. The molecule has 2 unspecified atom stereocenters. The van der Waals surface area contributed by atoms with Crippen LogP contribution in [-0.4, -0.2) is 9.55 Å². The number of allylic oxidation sites excluding steroid dienone is 6. The topological polar surface area (TPSA) is 17.8 Å². The SMILES string of the molecule is C1#CC2C3=CCCC=C3/C=C\C1c1ccc(P(c3ccccc3)c3ccccc3)cc1-n1c2nc2ccccc21. The van der Waals surface area contributed by atoms with Gasteiger partial charge in [0.25, 0.3) is 0 Å². The smallest absolute Gasteiger partial charge is 0.134 e. The van der Waals surface area contributed by atoms with Gasteiger partial charge in [-0.25, -0.2) is 4.98 Å². The molecule has 0 N–H and O–H groups in total. The van der Waals surface area contributed by atoms with Crippen LogP contribution in [0.5, 0.6) is 0 Å². The molecular weight excluding hydrogens is 503 g/mol. The third kappa shape index (κ3) is 3.82. The van der Waals surface area contributed by atoms with E-state index in [2.05, 4.69) is 144 Å². The Hall–Kier alpha value is -4.44. The molecule has 3 aliphatic rings. The average Bonchev–Trinajstić information content (AvgIpc) is 3.37. The minimum atomic E-state index is -0.735. The molecule has 2 atom stereocenters. The van der Waals surface area contributed by atoms with Gasteiger partial charge in [-0.2, -0.15) is 0 Å². The minimum absolute atomic E-state index is 0.0184. The van der Waals surface area contributed by atoms with Crippen molar-refractivity contribution in [2.45, 2.75) is 24.7 Å². The van der Waals surface area contributed by atoms with Crippen molar-refractivity contribution in [3.05, 3.63) is 150 Å². The summed E-state index contributed by atoms with van der Waals surface area (Å²) >= 11 is 0. The van der Waals surface area contributed by atoms with Gasteiger partial charge in [0.15, 0.2) is 0 Å². The number of benzene rings is 4. The lowest BCUT2D eigenvalue weighted by Crippen LogP contribution is -2.23. The summed E-state index contributed by atoms with van der Waals surface area (Å²) in [5.41, 5.74) is 7.17. The molecule has 1 aliphatic heterocycles. The van der Waals surface area contributed by atoms with Crippen LogP contribution in [0.1, 0.15) is 36.1 Å². The summed E-state index contributed by atoms with van der Waals surface area (Å²) in [6, 6.07) is 37.5. The Morgan fingerprint density at radius 1 is 0.725 bits per heavy atom. The first-order valence-electron chi connectivity index (χ1n) is 14.0. The fraction of sp³-hybridized carbons (Fsp3) is 0.108. The van der Waals surface area contributed by atoms with E-state index in [1.54, 1.807) is 0 Å². The maximum atomic E-state index is 5.26. The Bertz CT molecular complexity index is 1880. The van der Waals surface area contributed by atoms with Gasteiger partial charge in [-0.3, -0.25) is 4.57 Å². The van der Waals surface area contributed by atoms with Crippen molar-refractivity contribution in [3.63, 3.8) is 0 Å². The van der Waals surface area contributed by atoms with Crippen LogP contribution in [0.25, 0.3) is 16.7 Å². The standard InChI is InChI=1S/C37H27N2P/c1-3-12-28(13-4-1)40(29-14-5-2-6-15-29)30-22-24-32-27-20-19-26-11-7-8-16-31(26)33(23-21-27)37-38-34-17-9-10-18-35(34)39(37)36(32)25-30/h1-6,9-20,22,24-25,27,33H,7-8H2/b20-19-. The van der Waals surface area contributed by atoms with Crippen LogP contribution in [0.15, 0.2) is 139 Å². The molecule has 0 spiro atoms. The summed E-state index contributed by atoms with van der Waals surface area (Å²) in [5.74, 6) is 8.31. The molecule has 0 radical (unpaired) electrons. The van der Waals surface area contributed by atoms with Crippen molar-refractivity contribution < 1.29 is 0 Å². The van der Waals surface area contributed by atoms with Crippen LogP contribution in [0.3, 0.4) is 0 Å². The molecule has 2 bridgehead atoms. The van der Waals surface area contributed by atoms with Crippen molar-refractivity contribution >= 4 is 34.9 Å². The van der Waals surface area contributed by atoms with E-state index in [-0.39, 0.29) is 11.8 Å². The number of para-hydroxylation sites is 2. The number of fused-ring (bicyclic) bond motifs is 11. The molecule has 3 heteroatoms. The highest BCUT2D eigenvalue weighted by Crippen LogP contribution is 2.42. The number of hydrogen-bond acceptors (Lipinski definition) is 1. The van der Waals surface area contributed by atoms with Crippen LogP contribution >= 0.6 is 7.92 Å². The third-order valence-electron chi connectivity index (χ3n) is 8.11. The average molecular weight is 531 g/mol. The Morgan fingerprint density at radius 3 is 2.25 bits per heavy atom. The second-order valence-corrected chi connectivity index (χ2v) is 12.7. The van der Waals surface area contributed by atoms with E-state index in [9.17, 15) is 0 Å². The molecule has 2 heterocycles. The van der Waals surface area contributed by atoms with Crippen molar-refractivity contribution in [2.75, 3.05) is 0 Å². The number of imidazole rings is 1. The van der Waals surface area contributed by atoms with Gasteiger partial charge in [0.2, 0.25) is 0 Å². The van der Waals surface area contributed by atoms with Crippen molar-refractivity contribution in [1.29, 1.82) is 0 Å². The summed E-state index contributed by atoms with van der Waals surface area (Å²) in [7, 11) is -0.735. The molecule has 1 aromatic heterocycles. The highest BCUT2D eigenvalue weighted by Gasteiger charge is 2.31. The summed E-state index contributed by atoms with van der Waals surface area (Å²) < 4.78 is 2.41. The van der Waals surface area contributed by atoms with Gasteiger partial charge >= 0.3 is 0 Å². The van der Waals surface area contributed by atoms with E-state index in [1.165, 1.54) is 38.3 Å². The molecule has 40 heavy (non-hydrogen) atoms. The normalized spacial score (nSPS) is 19.5. The zero-order chi connectivity index (χ0) is 26.5. The van der Waals surface area contributed by atoms with Gasteiger partial charge in [0, 0.05) is 0 Å². The second-order valence-electron chi connectivity index (χ2n) is 10.5. The van der Waals surface area contributed by atoms with Gasteiger partial charge in [0.05, 0.1) is 22.6 Å². The first kappa shape index (κ1) is 23.4. The quantitative estimate of drug-likeness (QED) is 0.178. The lowest BCUT2D eigenvalue weighted by atomic mass is 9.82. The summed E-state index contributed by atoms with van der Waals surface area (Å²) in [6.07, 6.45) is 11.5. The fourth-order valence-electron chi connectivity index (χ4n) is 6.27. The van der Waals surface area contributed by atoms with Gasteiger partial charge in [-0.15, -0.1) is 0 Å². The zero-order valence-corrected chi connectivity index (χ0v) is 22.9. The van der Waals surface area contributed by atoms with E-state index in [1.807, 2.05) is 0 Å². The van der Waals surface area contributed by atoms with Gasteiger partial charge in [-0.05, 0) is 71.6 Å². The molecule has 2 aliphatic carbocycles. The lowest BCUT2D eigenvalue weighted by Gasteiger charge is -2.28. The minimum Gasteiger partial charge on any atom is -0.295 e. The summed E-state index contributed by atoms with van der Waals surface area (Å²) in [4.78, 5) is 5.26. The van der Waals surface area contributed by atoms with Crippen molar-refractivity contribution in [2.24, 2.45) is 0 Å². The van der Waals surface area contributed by atoms with Crippen molar-refractivity contribution in [1.82, 2.24) is 9.55 Å². The molecule has 4 aromatic carbocycles.